The Bertz CT molecular complexity index is 150. The van der Waals surface area contributed by atoms with Crippen molar-refractivity contribution in [3.8, 4) is 0 Å². The molecule has 1 radical (unpaired) electrons. The van der Waals surface area contributed by atoms with E-state index in [-0.39, 0.29) is 29.6 Å². The summed E-state index contributed by atoms with van der Waals surface area (Å²) in [4.78, 5) is 0. The van der Waals surface area contributed by atoms with Crippen molar-refractivity contribution < 1.29 is 0 Å². The zero-order valence-corrected chi connectivity index (χ0v) is 5.49. The molecule has 0 aromatic carbocycles. The molecule has 3 nitrogen and oxygen atoms in total. The zero-order chi connectivity index (χ0) is 6.53. The molecule has 0 aliphatic heterocycles. The molecule has 51 valence electrons. The fourth-order valence-corrected chi connectivity index (χ4v) is 0.576. The van der Waals surface area contributed by atoms with Gasteiger partial charge in [-0.2, -0.15) is 0 Å². The van der Waals surface area contributed by atoms with Gasteiger partial charge in [-0.05, 0) is 6.42 Å². The Morgan fingerprint density at radius 3 is 2.90 bits per heavy atom. The van der Waals surface area contributed by atoms with Crippen LogP contribution in [0.3, 0.4) is 0 Å². The van der Waals surface area contributed by atoms with Crippen molar-refractivity contribution in [2.45, 2.75) is 19.8 Å². The summed E-state index contributed by atoms with van der Waals surface area (Å²) in [5.41, 5.74) is 0. The van der Waals surface area contributed by atoms with Crippen molar-refractivity contribution in [2.75, 3.05) is 0 Å². The molecular formula is C6H11N3Na. The molecule has 0 fully saturated rings. The summed E-state index contributed by atoms with van der Waals surface area (Å²) in [6.45, 7) is 4.14. The van der Waals surface area contributed by atoms with Gasteiger partial charge in [0.25, 0.3) is 0 Å². The Morgan fingerprint density at radius 2 is 2.40 bits per heavy atom. The third-order valence-electron chi connectivity index (χ3n) is 1.05. The first kappa shape index (κ1) is 10.1. The summed E-state index contributed by atoms with van der Waals surface area (Å²) < 4.78 is 1.73. The SMILES string of the molecule is CCC[CH]n1ccnn1.[NaH]. The monoisotopic (exact) mass is 148 g/mol. The quantitative estimate of drug-likeness (QED) is 0.582. The topological polar surface area (TPSA) is 30.7 Å². The van der Waals surface area contributed by atoms with Crippen molar-refractivity contribution in [3.05, 3.63) is 18.9 Å². The van der Waals surface area contributed by atoms with E-state index in [0.29, 0.717) is 0 Å². The van der Waals surface area contributed by atoms with Gasteiger partial charge in [0.2, 0.25) is 0 Å². The molecule has 0 amide bonds. The molecule has 0 saturated carbocycles. The van der Waals surface area contributed by atoms with Gasteiger partial charge in [0.15, 0.2) is 0 Å². The normalized spacial score (nSPS) is 8.90. The van der Waals surface area contributed by atoms with Gasteiger partial charge in [0.05, 0.1) is 12.7 Å². The number of nitrogens with zero attached hydrogens (tertiary/aromatic N) is 3. The second-order valence-electron chi connectivity index (χ2n) is 1.85. The molecule has 0 unspecified atom stereocenters. The van der Waals surface area contributed by atoms with E-state index in [1.165, 1.54) is 0 Å². The molecule has 4 heteroatoms. The second-order valence-corrected chi connectivity index (χ2v) is 1.85. The summed E-state index contributed by atoms with van der Waals surface area (Å²) in [5, 5.41) is 7.42. The van der Waals surface area contributed by atoms with Crippen molar-refractivity contribution in [2.24, 2.45) is 0 Å². The van der Waals surface area contributed by atoms with Gasteiger partial charge in [0.1, 0.15) is 0 Å². The molecule has 1 rings (SSSR count). The molecule has 0 N–H and O–H groups in total. The first-order valence-corrected chi connectivity index (χ1v) is 3.12. The fourth-order valence-electron chi connectivity index (χ4n) is 0.576. The van der Waals surface area contributed by atoms with Crippen molar-refractivity contribution in [3.63, 3.8) is 0 Å². The third kappa shape index (κ3) is 3.34. The summed E-state index contributed by atoms with van der Waals surface area (Å²) in [7, 11) is 0. The van der Waals surface area contributed by atoms with E-state index in [0.717, 1.165) is 12.8 Å². The van der Waals surface area contributed by atoms with Crippen LogP contribution in [0.1, 0.15) is 19.8 Å². The number of rotatable bonds is 3. The number of hydrogen-bond acceptors (Lipinski definition) is 2. The van der Waals surface area contributed by atoms with E-state index < -0.39 is 0 Å². The first-order valence-electron chi connectivity index (χ1n) is 3.12. The van der Waals surface area contributed by atoms with Crippen LogP contribution in [-0.2, 0) is 0 Å². The van der Waals surface area contributed by atoms with Crippen molar-refractivity contribution in [1.82, 2.24) is 15.0 Å². The van der Waals surface area contributed by atoms with E-state index >= 15 is 0 Å². The molecule has 0 aliphatic carbocycles. The Morgan fingerprint density at radius 1 is 1.60 bits per heavy atom. The molecule has 1 aromatic rings. The summed E-state index contributed by atoms with van der Waals surface area (Å²) in [6.07, 6.45) is 5.71. The first-order chi connectivity index (χ1) is 4.43. The van der Waals surface area contributed by atoms with Gasteiger partial charge < -0.3 is 0 Å². The van der Waals surface area contributed by atoms with Crippen LogP contribution >= 0.6 is 0 Å². The summed E-state index contributed by atoms with van der Waals surface area (Å²) in [6, 6.07) is 0. The van der Waals surface area contributed by atoms with Gasteiger partial charge in [-0.15, -0.1) is 5.10 Å². The maximum atomic E-state index is 3.76. The van der Waals surface area contributed by atoms with Crippen LogP contribution in [0.25, 0.3) is 0 Å². The average Bonchev–Trinajstić information content (AvgIpc) is 2.34. The van der Waals surface area contributed by atoms with E-state index in [9.17, 15) is 0 Å². The molecule has 0 aliphatic rings. The van der Waals surface area contributed by atoms with Gasteiger partial charge in [0, 0.05) is 6.20 Å². The number of unbranched alkanes of at least 4 members (excludes halogenated alkanes) is 1. The minimum atomic E-state index is 0. The van der Waals surface area contributed by atoms with Crippen molar-refractivity contribution >= 4 is 29.6 Å². The summed E-state index contributed by atoms with van der Waals surface area (Å²) in [5.74, 6) is 0. The standard InChI is InChI=1S/C6H10N3.Na.H/c1-2-3-5-9-6-4-7-8-9;;/h4-6H,2-3H2,1H3;;. The Labute approximate surface area is 83.1 Å². The number of aromatic nitrogens is 3. The van der Waals surface area contributed by atoms with E-state index in [1.807, 2.05) is 12.7 Å². The Hall–Kier alpha value is 0.140. The Kier molecular flexibility index (Phi) is 5.97. The molecule has 0 saturated heterocycles. The number of hydrogen-bond donors (Lipinski definition) is 0. The van der Waals surface area contributed by atoms with Crippen LogP contribution < -0.4 is 0 Å². The van der Waals surface area contributed by atoms with Gasteiger partial charge in [-0.25, -0.2) is 4.68 Å². The van der Waals surface area contributed by atoms with Crippen LogP contribution in [0, 0.1) is 6.54 Å². The third-order valence-corrected chi connectivity index (χ3v) is 1.05. The maximum absolute atomic E-state index is 3.76. The van der Waals surface area contributed by atoms with Crippen LogP contribution in [0.5, 0.6) is 0 Å². The van der Waals surface area contributed by atoms with Crippen LogP contribution in [0.2, 0.25) is 0 Å². The predicted molar refractivity (Wildman–Crippen MR) is 41.8 cm³/mol. The molecule has 0 atom stereocenters. The molecular weight excluding hydrogens is 137 g/mol. The minimum absolute atomic E-state index is 0. The van der Waals surface area contributed by atoms with Crippen LogP contribution in [0.4, 0.5) is 0 Å². The van der Waals surface area contributed by atoms with Gasteiger partial charge in [-0.3, -0.25) is 0 Å². The molecule has 1 aromatic heterocycles. The fraction of sp³-hybridized carbons (Fsp3) is 0.500. The second kappa shape index (κ2) is 5.89. The zero-order valence-electron chi connectivity index (χ0n) is 5.49. The van der Waals surface area contributed by atoms with E-state index in [4.69, 9.17) is 0 Å². The molecule has 10 heavy (non-hydrogen) atoms. The van der Waals surface area contributed by atoms with E-state index in [2.05, 4.69) is 17.2 Å². The van der Waals surface area contributed by atoms with Gasteiger partial charge in [-0.1, -0.05) is 18.6 Å². The van der Waals surface area contributed by atoms with Crippen LogP contribution in [0.15, 0.2) is 12.4 Å². The summed E-state index contributed by atoms with van der Waals surface area (Å²) >= 11 is 0. The Balaban J connectivity index is 0.000000810. The average molecular weight is 148 g/mol. The molecule has 0 spiro atoms. The molecule has 1 heterocycles. The molecule has 0 bridgehead atoms. The van der Waals surface area contributed by atoms with E-state index in [1.54, 1.807) is 10.9 Å². The van der Waals surface area contributed by atoms with Gasteiger partial charge >= 0.3 is 29.6 Å². The predicted octanol–water partition coefficient (Wildman–Crippen LogP) is 0.440. The van der Waals surface area contributed by atoms with Crippen LogP contribution in [-0.4, -0.2) is 44.6 Å². The van der Waals surface area contributed by atoms with Crippen molar-refractivity contribution in [1.29, 1.82) is 0 Å².